The molecule has 0 unspecified atom stereocenters. The average Bonchev–Trinajstić information content (AvgIpc) is 2.59. The van der Waals surface area contributed by atoms with Gasteiger partial charge in [0.1, 0.15) is 23.6 Å². The van der Waals surface area contributed by atoms with Crippen LogP contribution in [0.25, 0.3) is 0 Å². The third-order valence-electron chi connectivity index (χ3n) is 3.23. The molecular formula is C14H21BrN4O6. The minimum absolute atomic E-state index is 0. The Labute approximate surface area is 155 Å². The van der Waals surface area contributed by atoms with Crippen LogP contribution < -0.4 is 11.1 Å². The molecule has 3 N–H and O–H groups in total. The molecule has 0 saturated carbocycles. The van der Waals surface area contributed by atoms with Crippen molar-refractivity contribution in [2.24, 2.45) is 5.73 Å². The van der Waals surface area contributed by atoms with E-state index in [0.29, 0.717) is 25.8 Å². The largest absolute Gasteiger partial charge is 0.468 e. The molecule has 0 aliphatic rings. The summed E-state index contributed by atoms with van der Waals surface area (Å²) in [5, 5.41) is 13.7. The number of rotatable bonds is 9. The molecule has 140 valence electrons. The Morgan fingerprint density at radius 2 is 2.04 bits per heavy atom. The van der Waals surface area contributed by atoms with Crippen LogP contribution in [0.1, 0.15) is 29.6 Å². The Kier molecular flexibility index (Phi) is 10.3. The Balaban J connectivity index is 0.00000576. The lowest BCUT2D eigenvalue weighted by molar-refractivity contribution is -0.385. The van der Waals surface area contributed by atoms with Gasteiger partial charge in [0.05, 0.1) is 19.1 Å². The molecule has 10 nitrogen and oxygen atoms in total. The quantitative estimate of drug-likeness (QED) is 0.262. The number of halogens is 1. The number of esters is 2. The maximum absolute atomic E-state index is 11.7. The molecule has 0 aliphatic heterocycles. The van der Waals surface area contributed by atoms with Gasteiger partial charge in [-0.2, -0.15) is 0 Å². The van der Waals surface area contributed by atoms with E-state index in [1.54, 1.807) is 0 Å². The highest BCUT2D eigenvalue weighted by Crippen LogP contribution is 2.20. The molecule has 1 aromatic rings. The zero-order valence-corrected chi connectivity index (χ0v) is 15.6. The van der Waals surface area contributed by atoms with E-state index in [0.717, 1.165) is 12.3 Å². The van der Waals surface area contributed by atoms with Gasteiger partial charge in [0.15, 0.2) is 0 Å². The highest BCUT2D eigenvalue weighted by atomic mass is 79.9. The number of unbranched alkanes of at least 4 members (excludes halogenated alkanes) is 1. The fourth-order valence-electron chi connectivity index (χ4n) is 1.93. The van der Waals surface area contributed by atoms with Crippen LogP contribution in [0, 0.1) is 10.1 Å². The number of aromatic nitrogens is 1. The van der Waals surface area contributed by atoms with Crippen LogP contribution >= 0.6 is 17.0 Å². The third kappa shape index (κ3) is 7.01. The number of carbonyl (C=O) groups excluding carboxylic acids is 2. The molecule has 0 saturated heterocycles. The smallest absolute Gasteiger partial charge is 0.341 e. The third-order valence-corrected chi connectivity index (χ3v) is 3.23. The number of nitro groups is 1. The van der Waals surface area contributed by atoms with Crippen molar-refractivity contribution < 1.29 is 24.0 Å². The van der Waals surface area contributed by atoms with E-state index in [-0.39, 0.29) is 34.1 Å². The van der Waals surface area contributed by atoms with Crippen LogP contribution in [0.4, 0.5) is 11.5 Å². The summed E-state index contributed by atoms with van der Waals surface area (Å²) in [6.45, 7) is 0.447. The van der Waals surface area contributed by atoms with E-state index < -0.39 is 22.9 Å². The van der Waals surface area contributed by atoms with Gasteiger partial charge >= 0.3 is 11.9 Å². The van der Waals surface area contributed by atoms with Crippen molar-refractivity contribution in [1.82, 2.24) is 4.98 Å². The number of nitrogens with zero attached hydrogens (tertiary/aromatic N) is 2. The van der Waals surface area contributed by atoms with Crippen molar-refractivity contribution in [3.05, 3.63) is 27.9 Å². The average molecular weight is 421 g/mol. The summed E-state index contributed by atoms with van der Waals surface area (Å²) < 4.78 is 9.13. The summed E-state index contributed by atoms with van der Waals surface area (Å²) in [5.74, 6) is -0.987. The molecule has 1 heterocycles. The monoisotopic (exact) mass is 420 g/mol. The maximum atomic E-state index is 11.7. The summed E-state index contributed by atoms with van der Waals surface area (Å²) in [6, 6.07) is 0.437. The molecular weight excluding hydrogens is 400 g/mol. The van der Waals surface area contributed by atoms with Gasteiger partial charge in [-0.3, -0.25) is 14.9 Å². The maximum Gasteiger partial charge on any atom is 0.341 e. The van der Waals surface area contributed by atoms with Crippen LogP contribution in [0.5, 0.6) is 0 Å². The molecule has 0 radical (unpaired) electrons. The Bertz CT molecular complexity index is 613. The predicted molar refractivity (Wildman–Crippen MR) is 94.9 cm³/mol. The van der Waals surface area contributed by atoms with E-state index >= 15 is 0 Å². The van der Waals surface area contributed by atoms with E-state index in [1.165, 1.54) is 14.2 Å². The molecule has 0 amide bonds. The van der Waals surface area contributed by atoms with Crippen molar-refractivity contribution in [2.75, 3.05) is 26.1 Å². The normalized spacial score (nSPS) is 11.0. The van der Waals surface area contributed by atoms with Gasteiger partial charge < -0.3 is 20.5 Å². The van der Waals surface area contributed by atoms with E-state index in [9.17, 15) is 19.7 Å². The van der Waals surface area contributed by atoms with Gasteiger partial charge in [-0.15, -0.1) is 17.0 Å². The summed E-state index contributed by atoms with van der Waals surface area (Å²) in [5.41, 5.74) is 5.30. The molecule has 0 aromatic carbocycles. The molecule has 0 fully saturated rings. The van der Waals surface area contributed by atoms with Crippen LogP contribution in [0.2, 0.25) is 0 Å². The number of hydrogen-bond donors (Lipinski definition) is 2. The summed E-state index contributed by atoms with van der Waals surface area (Å²) in [7, 11) is 2.46. The van der Waals surface area contributed by atoms with Crippen molar-refractivity contribution in [1.29, 1.82) is 0 Å². The number of nitrogens with two attached hydrogens (primary N) is 1. The van der Waals surface area contributed by atoms with Gasteiger partial charge in [0, 0.05) is 12.6 Å². The topological polar surface area (TPSA) is 147 Å². The Morgan fingerprint density at radius 1 is 1.36 bits per heavy atom. The van der Waals surface area contributed by atoms with Gasteiger partial charge in [-0.25, -0.2) is 9.78 Å². The number of anilines is 1. The number of methoxy groups -OCH3 is 2. The van der Waals surface area contributed by atoms with Gasteiger partial charge in [0.25, 0.3) is 5.69 Å². The number of ether oxygens (including phenoxy) is 2. The number of carbonyl (C=O) groups is 2. The second-order valence-electron chi connectivity index (χ2n) is 4.89. The van der Waals surface area contributed by atoms with Crippen molar-refractivity contribution in [3.8, 4) is 0 Å². The summed E-state index contributed by atoms with van der Waals surface area (Å²) in [4.78, 5) is 36.9. The van der Waals surface area contributed by atoms with Crippen LogP contribution in [-0.2, 0) is 14.3 Å². The van der Waals surface area contributed by atoms with Crippen LogP contribution in [0.15, 0.2) is 12.3 Å². The van der Waals surface area contributed by atoms with Crippen molar-refractivity contribution in [3.63, 3.8) is 0 Å². The van der Waals surface area contributed by atoms with Gasteiger partial charge in [0.2, 0.25) is 0 Å². The zero-order valence-electron chi connectivity index (χ0n) is 13.9. The Morgan fingerprint density at radius 3 is 2.60 bits per heavy atom. The van der Waals surface area contributed by atoms with Gasteiger partial charge in [-0.1, -0.05) is 0 Å². The molecule has 1 aromatic heterocycles. The van der Waals surface area contributed by atoms with Crippen LogP contribution in [-0.4, -0.2) is 48.7 Å². The lowest BCUT2D eigenvalue weighted by atomic mass is 10.1. The summed E-state index contributed by atoms with van der Waals surface area (Å²) in [6.07, 6.45) is 2.83. The fraction of sp³-hybridized carbons (Fsp3) is 0.500. The minimum Gasteiger partial charge on any atom is -0.468 e. The van der Waals surface area contributed by atoms with Crippen molar-refractivity contribution in [2.45, 2.75) is 25.3 Å². The highest BCUT2D eigenvalue weighted by Gasteiger charge is 2.18. The zero-order chi connectivity index (χ0) is 18.1. The SMILES string of the molecule is Br.COC(=O)c1cc([N+](=O)[O-])cnc1NCCCC[C@H](N)C(=O)OC. The first-order valence-electron chi connectivity index (χ1n) is 7.20. The predicted octanol–water partition coefficient (Wildman–Crippen LogP) is 1.44. The van der Waals surface area contributed by atoms with Crippen molar-refractivity contribution >= 4 is 40.4 Å². The first-order chi connectivity index (χ1) is 11.4. The molecule has 0 spiro atoms. The summed E-state index contributed by atoms with van der Waals surface area (Å²) >= 11 is 0. The number of nitrogens with one attached hydrogen (secondary N) is 1. The molecule has 11 heteroatoms. The first-order valence-corrected chi connectivity index (χ1v) is 7.20. The van der Waals surface area contributed by atoms with E-state index in [1.807, 2.05) is 0 Å². The Hall–Kier alpha value is -2.27. The molecule has 25 heavy (non-hydrogen) atoms. The minimum atomic E-state index is -0.721. The fourth-order valence-corrected chi connectivity index (χ4v) is 1.93. The lowest BCUT2D eigenvalue weighted by Gasteiger charge is -2.11. The molecule has 1 atom stereocenters. The standard InChI is InChI=1S/C14H20N4O6.BrH/c1-23-13(19)10-7-9(18(21)22)8-17-12(10)16-6-4-3-5-11(15)14(20)24-2;/h7-8,11H,3-6,15H2,1-2H3,(H,16,17);1H/t11-;/m0./s1. The number of pyridine rings is 1. The molecule has 0 aliphatic carbocycles. The second-order valence-corrected chi connectivity index (χ2v) is 4.89. The molecule has 0 bridgehead atoms. The van der Waals surface area contributed by atoms with Gasteiger partial charge in [-0.05, 0) is 19.3 Å². The highest BCUT2D eigenvalue weighted by molar-refractivity contribution is 8.93. The lowest BCUT2D eigenvalue weighted by Crippen LogP contribution is -2.31. The van der Waals surface area contributed by atoms with Crippen LogP contribution in [0.3, 0.4) is 0 Å². The first kappa shape index (κ1) is 22.7. The molecule has 1 rings (SSSR count). The van der Waals surface area contributed by atoms with E-state index in [4.69, 9.17) is 5.73 Å². The second kappa shape index (κ2) is 11.3. The van der Waals surface area contributed by atoms with E-state index in [2.05, 4.69) is 19.8 Å². The number of hydrogen-bond acceptors (Lipinski definition) is 9.